The van der Waals surface area contributed by atoms with Crippen LogP contribution in [-0.2, 0) is 33.3 Å². The lowest BCUT2D eigenvalue weighted by molar-refractivity contribution is -0.174. The van der Waals surface area contributed by atoms with Crippen LogP contribution >= 0.6 is 0 Å². The molecule has 2 aliphatic heterocycles. The van der Waals surface area contributed by atoms with E-state index in [0.29, 0.717) is 0 Å². The summed E-state index contributed by atoms with van der Waals surface area (Å²) in [6.45, 7) is 2.27. The SMILES string of the molecule is CC(=O)O[C@H]1[C@H]2OC(=O)[C@@H](OC(C)=O)[C@H]2O[C@@H]1n1cnc2[nH]c(=O)[nH]c(=O)c21. The van der Waals surface area contributed by atoms with Crippen LogP contribution in [0.5, 0.6) is 0 Å². The Morgan fingerprint density at radius 1 is 1.11 bits per heavy atom. The molecule has 0 aromatic carbocycles. The second-order valence-electron chi connectivity index (χ2n) is 6.25. The average molecular weight is 394 g/mol. The van der Waals surface area contributed by atoms with Gasteiger partial charge in [-0.05, 0) is 0 Å². The molecule has 2 fully saturated rings. The van der Waals surface area contributed by atoms with Crippen LogP contribution in [0.3, 0.4) is 0 Å². The van der Waals surface area contributed by atoms with Crippen molar-refractivity contribution in [3.05, 3.63) is 27.2 Å². The molecule has 2 aliphatic rings. The predicted molar refractivity (Wildman–Crippen MR) is 85.9 cm³/mol. The largest absolute Gasteiger partial charge is 0.454 e. The van der Waals surface area contributed by atoms with E-state index in [1.807, 2.05) is 0 Å². The van der Waals surface area contributed by atoms with Gasteiger partial charge in [0.05, 0.1) is 0 Å². The number of rotatable bonds is 3. The van der Waals surface area contributed by atoms with Gasteiger partial charge in [0.1, 0.15) is 12.4 Å². The third-order valence-electron chi connectivity index (χ3n) is 4.35. The maximum absolute atomic E-state index is 12.2. The Balaban J connectivity index is 1.78. The van der Waals surface area contributed by atoms with Gasteiger partial charge in [0.2, 0.25) is 6.10 Å². The summed E-state index contributed by atoms with van der Waals surface area (Å²) in [5.74, 6) is -2.24. The number of nitrogens with zero attached hydrogens (tertiary/aromatic N) is 2. The summed E-state index contributed by atoms with van der Waals surface area (Å²) in [4.78, 5) is 66.9. The first-order valence-electron chi connectivity index (χ1n) is 8.16. The minimum absolute atomic E-state index is 0.00971. The zero-order valence-corrected chi connectivity index (χ0v) is 14.5. The van der Waals surface area contributed by atoms with E-state index in [2.05, 4.69) is 15.0 Å². The number of carbonyl (C=O) groups is 3. The summed E-state index contributed by atoms with van der Waals surface area (Å²) >= 11 is 0. The van der Waals surface area contributed by atoms with Gasteiger partial charge in [0, 0.05) is 13.8 Å². The zero-order chi connectivity index (χ0) is 20.2. The molecule has 0 amide bonds. The van der Waals surface area contributed by atoms with Gasteiger partial charge < -0.3 is 18.9 Å². The molecule has 2 aromatic rings. The first-order chi connectivity index (χ1) is 13.3. The fourth-order valence-corrected chi connectivity index (χ4v) is 3.38. The molecule has 28 heavy (non-hydrogen) atoms. The minimum Gasteiger partial charge on any atom is -0.454 e. The van der Waals surface area contributed by atoms with E-state index >= 15 is 0 Å². The molecule has 13 heteroatoms. The number of aromatic nitrogens is 4. The van der Waals surface area contributed by atoms with Crippen molar-refractivity contribution in [2.45, 2.75) is 44.5 Å². The first-order valence-corrected chi connectivity index (χ1v) is 8.16. The van der Waals surface area contributed by atoms with Crippen molar-refractivity contribution in [1.82, 2.24) is 19.5 Å². The first kappa shape index (κ1) is 17.9. The molecule has 0 saturated carbocycles. The Bertz CT molecular complexity index is 1100. The second kappa shape index (κ2) is 6.30. The van der Waals surface area contributed by atoms with Crippen molar-refractivity contribution in [1.29, 1.82) is 0 Å². The number of aromatic amines is 2. The molecule has 0 unspecified atom stereocenters. The number of esters is 3. The van der Waals surface area contributed by atoms with E-state index in [1.165, 1.54) is 10.9 Å². The molecule has 0 bridgehead atoms. The van der Waals surface area contributed by atoms with Gasteiger partial charge in [-0.25, -0.2) is 14.6 Å². The van der Waals surface area contributed by atoms with Crippen LogP contribution < -0.4 is 11.2 Å². The number of hydrogen-bond acceptors (Lipinski definition) is 10. The van der Waals surface area contributed by atoms with Gasteiger partial charge >= 0.3 is 23.6 Å². The van der Waals surface area contributed by atoms with Crippen LogP contribution in [0.2, 0.25) is 0 Å². The molecule has 2 N–H and O–H groups in total. The molecule has 148 valence electrons. The number of hydrogen-bond donors (Lipinski definition) is 2. The highest BCUT2D eigenvalue weighted by Gasteiger charge is 2.61. The van der Waals surface area contributed by atoms with Gasteiger partial charge in [0.25, 0.3) is 5.56 Å². The second-order valence-corrected chi connectivity index (χ2v) is 6.25. The molecule has 0 aliphatic carbocycles. The van der Waals surface area contributed by atoms with Crippen molar-refractivity contribution in [2.75, 3.05) is 0 Å². The smallest absolute Gasteiger partial charge is 0.350 e. The van der Waals surface area contributed by atoms with Gasteiger partial charge in [-0.15, -0.1) is 0 Å². The average Bonchev–Trinajstić information content (AvgIpc) is 3.22. The molecule has 4 heterocycles. The fraction of sp³-hybridized carbons (Fsp3) is 0.467. The maximum Gasteiger partial charge on any atom is 0.350 e. The Labute approximate surface area is 154 Å². The molecule has 5 atom stereocenters. The van der Waals surface area contributed by atoms with E-state index in [9.17, 15) is 24.0 Å². The molecule has 2 saturated heterocycles. The lowest BCUT2D eigenvalue weighted by atomic mass is 10.1. The predicted octanol–water partition coefficient (Wildman–Crippen LogP) is -1.90. The summed E-state index contributed by atoms with van der Waals surface area (Å²) in [6, 6.07) is 0. The summed E-state index contributed by atoms with van der Waals surface area (Å²) in [6.07, 6.45) is -4.54. The molecule has 2 aromatic heterocycles. The van der Waals surface area contributed by atoms with E-state index in [4.69, 9.17) is 18.9 Å². The van der Waals surface area contributed by atoms with Crippen LogP contribution in [0, 0.1) is 0 Å². The third kappa shape index (κ3) is 2.76. The molecular weight excluding hydrogens is 380 g/mol. The normalized spacial score (nSPS) is 28.8. The van der Waals surface area contributed by atoms with Crippen LogP contribution in [0.15, 0.2) is 15.9 Å². The molecular formula is C15H14N4O9. The van der Waals surface area contributed by atoms with Crippen molar-refractivity contribution in [3.63, 3.8) is 0 Å². The highest BCUT2D eigenvalue weighted by Crippen LogP contribution is 2.40. The highest BCUT2D eigenvalue weighted by molar-refractivity contribution is 5.82. The number of fused-ring (bicyclic) bond motifs is 2. The van der Waals surface area contributed by atoms with E-state index in [0.717, 1.165) is 13.8 Å². The summed E-state index contributed by atoms with van der Waals surface area (Å²) in [5, 5.41) is 0. The Morgan fingerprint density at radius 3 is 2.50 bits per heavy atom. The highest BCUT2D eigenvalue weighted by atomic mass is 16.7. The van der Waals surface area contributed by atoms with E-state index in [-0.39, 0.29) is 11.2 Å². The molecule has 0 spiro atoms. The van der Waals surface area contributed by atoms with Crippen molar-refractivity contribution in [2.24, 2.45) is 0 Å². The van der Waals surface area contributed by atoms with E-state index in [1.54, 1.807) is 0 Å². The monoisotopic (exact) mass is 394 g/mol. The summed E-state index contributed by atoms with van der Waals surface area (Å²) in [7, 11) is 0. The number of ether oxygens (including phenoxy) is 4. The minimum atomic E-state index is -1.35. The Hall–Kier alpha value is -3.48. The lowest BCUT2D eigenvalue weighted by Crippen LogP contribution is -2.36. The Morgan fingerprint density at radius 2 is 1.82 bits per heavy atom. The zero-order valence-electron chi connectivity index (χ0n) is 14.5. The number of H-pyrrole nitrogens is 2. The van der Waals surface area contributed by atoms with Gasteiger partial charge in [-0.2, -0.15) is 0 Å². The Kier molecular flexibility index (Phi) is 4.03. The van der Waals surface area contributed by atoms with Crippen LogP contribution in [0.1, 0.15) is 20.1 Å². The molecule has 0 radical (unpaired) electrons. The third-order valence-corrected chi connectivity index (χ3v) is 4.35. The fourth-order valence-electron chi connectivity index (χ4n) is 3.38. The van der Waals surface area contributed by atoms with Crippen molar-refractivity contribution < 1.29 is 33.3 Å². The van der Waals surface area contributed by atoms with Crippen LogP contribution in [0.25, 0.3) is 11.2 Å². The number of nitrogens with one attached hydrogen (secondary N) is 2. The maximum atomic E-state index is 12.2. The van der Waals surface area contributed by atoms with E-state index < -0.39 is 59.8 Å². The van der Waals surface area contributed by atoms with Gasteiger partial charge in [-0.1, -0.05) is 0 Å². The topological polar surface area (TPSA) is 172 Å². The van der Waals surface area contributed by atoms with Crippen molar-refractivity contribution >= 4 is 29.1 Å². The quantitative estimate of drug-likeness (QED) is 0.442. The number of imidazole rings is 1. The van der Waals surface area contributed by atoms with Gasteiger partial charge in [-0.3, -0.25) is 28.9 Å². The van der Waals surface area contributed by atoms with Gasteiger partial charge in [0.15, 0.2) is 29.6 Å². The van der Waals surface area contributed by atoms with Crippen LogP contribution in [0.4, 0.5) is 0 Å². The summed E-state index contributed by atoms with van der Waals surface area (Å²) in [5.41, 5.74) is -1.54. The molecule has 4 rings (SSSR count). The standard InChI is InChI=1S/C15H14N4O9/c1-4(20)25-9-7-8(10(14(23)28-7)26-5(2)21)27-13(9)19-3-16-11-6(19)12(22)18-15(24)17-11/h3,7-10,13H,1-2H3,(H2,17,18,22,24)/t7-,8-,9-,10-,13-/m0/s1. The van der Waals surface area contributed by atoms with Crippen molar-refractivity contribution in [3.8, 4) is 0 Å². The number of carbonyl (C=O) groups excluding carboxylic acids is 3. The molecule has 13 nitrogen and oxygen atoms in total. The summed E-state index contributed by atoms with van der Waals surface area (Å²) < 4.78 is 22.5. The lowest BCUT2D eigenvalue weighted by Gasteiger charge is -2.22. The van der Waals surface area contributed by atoms with Crippen LogP contribution in [-0.4, -0.2) is 61.8 Å².